The number of fused-ring (bicyclic) bond motifs is 1. The van der Waals surface area contributed by atoms with E-state index in [-0.39, 0.29) is 5.91 Å². The highest BCUT2D eigenvalue weighted by Gasteiger charge is 2.26. The molecule has 0 spiro atoms. The van der Waals surface area contributed by atoms with E-state index < -0.39 is 0 Å². The summed E-state index contributed by atoms with van der Waals surface area (Å²) in [5.41, 5.74) is 3.42. The van der Waals surface area contributed by atoms with Gasteiger partial charge < -0.3 is 4.90 Å². The zero-order chi connectivity index (χ0) is 16.5. The van der Waals surface area contributed by atoms with Gasteiger partial charge in [0.25, 0.3) is 0 Å². The first-order chi connectivity index (χ1) is 11.7. The molecule has 0 radical (unpaired) electrons. The van der Waals surface area contributed by atoms with Crippen LogP contribution >= 0.6 is 11.3 Å². The highest BCUT2D eigenvalue weighted by atomic mass is 32.1. The van der Waals surface area contributed by atoms with Crippen LogP contribution in [0.15, 0.2) is 24.0 Å². The molecule has 24 heavy (non-hydrogen) atoms. The molecule has 0 saturated carbocycles. The zero-order valence-electron chi connectivity index (χ0n) is 13.7. The van der Waals surface area contributed by atoms with Crippen LogP contribution < -0.4 is 0 Å². The Morgan fingerprint density at radius 3 is 3.00 bits per heavy atom. The van der Waals surface area contributed by atoms with Crippen molar-refractivity contribution in [2.75, 3.05) is 13.1 Å². The molecule has 0 unspecified atom stereocenters. The molecule has 1 fully saturated rings. The largest absolute Gasteiger partial charge is 0.342 e. The fraction of sp³-hybridized carbons (Fsp3) is 0.471. The van der Waals surface area contributed by atoms with Gasteiger partial charge in [-0.2, -0.15) is 5.10 Å². The molecule has 4 rings (SSSR count). The Bertz CT molecular complexity index is 812. The maximum Gasteiger partial charge on any atom is 0.228 e. The SMILES string of the molecule is CCc1cn[nH]c1C1CCN(C(=O)Cc2cn3ccsc3n2)CC1. The Labute approximate surface area is 144 Å². The summed E-state index contributed by atoms with van der Waals surface area (Å²) in [6.07, 6.45) is 9.25. The smallest absolute Gasteiger partial charge is 0.228 e. The number of hydrogen-bond donors (Lipinski definition) is 1. The molecular formula is C17H21N5OS. The van der Waals surface area contributed by atoms with Gasteiger partial charge in [0.2, 0.25) is 5.91 Å². The van der Waals surface area contributed by atoms with Crippen LogP contribution in [0.2, 0.25) is 0 Å². The van der Waals surface area contributed by atoms with Gasteiger partial charge in [-0.15, -0.1) is 11.3 Å². The maximum atomic E-state index is 12.5. The molecule has 3 aromatic heterocycles. The quantitative estimate of drug-likeness (QED) is 0.792. The number of nitrogens with zero attached hydrogens (tertiary/aromatic N) is 4. The number of aromatic amines is 1. The number of carbonyl (C=O) groups excluding carboxylic acids is 1. The van der Waals surface area contributed by atoms with Crippen molar-refractivity contribution in [2.45, 2.75) is 38.5 Å². The number of piperidine rings is 1. The predicted octanol–water partition coefficient (Wildman–Crippen LogP) is 2.63. The Morgan fingerprint density at radius 1 is 1.42 bits per heavy atom. The van der Waals surface area contributed by atoms with Gasteiger partial charge in [-0.1, -0.05) is 6.92 Å². The number of aryl methyl sites for hydroxylation is 1. The molecule has 1 saturated heterocycles. The van der Waals surface area contributed by atoms with Crippen molar-refractivity contribution in [1.29, 1.82) is 0 Å². The van der Waals surface area contributed by atoms with Crippen molar-refractivity contribution in [3.8, 4) is 0 Å². The molecule has 3 aromatic rings. The molecule has 0 bridgehead atoms. The molecule has 0 aromatic carbocycles. The third-order valence-corrected chi connectivity index (χ3v) is 5.63. The van der Waals surface area contributed by atoms with Gasteiger partial charge in [0.15, 0.2) is 4.96 Å². The van der Waals surface area contributed by atoms with Crippen molar-refractivity contribution in [2.24, 2.45) is 0 Å². The molecule has 126 valence electrons. The first-order valence-corrected chi connectivity index (χ1v) is 9.33. The molecule has 0 aliphatic carbocycles. The van der Waals surface area contributed by atoms with Crippen LogP contribution in [0.1, 0.15) is 42.6 Å². The number of nitrogens with one attached hydrogen (secondary N) is 1. The predicted molar refractivity (Wildman–Crippen MR) is 93.3 cm³/mol. The van der Waals surface area contributed by atoms with Crippen LogP contribution in [0.4, 0.5) is 0 Å². The summed E-state index contributed by atoms with van der Waals surface area (Å²) < 4.78 is 1.98. The number of H-pyrrole nitrogens is 1. The summed E-state index contributed by atoms with van der Waals surface area (Å²) in [7, 11) is 0. The van der Waals surface area contributed by atoms with Gasteiger partial charge in [0.1, 0.15) is 0 Å². The third-order valence-electron chi connectivity index (χ3n) is 4.86. The van der Waals surface area contributed by atoms with Gasteiger partial charge in [-0.25, -0.2) is 4.98 Å². The van der Waals surface area contributed by atoms with Gasteiger partial charge in [-0.05, 0) is 24.8 Å². The zero-order valence-corrected chi connectivity index (χ0v) is 14.6. The molecule has 6 nitrogen and oxygen atoms in total. The number of thiazole rings is 1. The minimum atomic E-state index is 0.180. The second kappa shape index (κ2) is 6.39. The molecule has 7 heteroatoms. The second-order valence-electron chi connectivity index (χ2n) is 6.32. The fourth-order valence-corrected chi connectivity index (χ4v) is 4.22. The summed E-state index contributed by atoms with van der Waals surface area (Å²) in [5.74, 6) is 0.670. The Kier molecular flexibility index (Phi) is 4.10. The Balaban J connectivity index is 1.36. The van der Waals surface area contributed by atoms with Crippen molar-refractivity contribution in [1.82, 2.24) is 24.5 Å². The monoisotopic (exact) mass is 343 g/mol. The van der Waals surface area contributed by atoms with E-state index in [1.807, 2.05) is 33.3 Å². The van der Waals surface area contributed by atoms with Crippen molar-refractivity contribution >= 4 is 22.2 Å². The number of imidazole rings is 1. The van der Waals surface area contributed by atoms with E-state index in [2.05, 4.69) is 22.1 Å². The molecule has 1 aliphatic rings. The van der Waals surface area contributed by atoms with E-state index in [1.165, 1.54) is 11.3 Å². The lowest BCUT2D eigenvalue weighted by atomic mass is 9.90. The minimum absolute atomic E-state index is 0.180. The van der Waals surface area contributed by atoms with E-state index in [0.717, 1.165) is 43.0 Å². The van der Waals surface area contributed by atoms with E-state index in [0.29, 0.717) is 12.3 Å². The number of rotatable bonds is 4. The lowest BCUT2D eigenvalue weighted by Crippen LogP contribution is -2.39. The number of likely N-dealkylation sites (tertiary alicyclic amines) is 1. The lowest BCUT2D eigenvalue weighted by molar-refractivity contribution is -0.131. The summed E-state index contributed by atoms with van der Waals surface area (Å²) in [5, 5.41) is 9.33. The van der Waals surface area contributed by atoms with Crippen LogP contribution in [0, 0.1) is 0 Å². The molecule has 1 amide bonds. The van der Waals surface area contributed by atoms with E-state index >= 15 is 0 Å². The highest BCUT2D eigenvalue weighted by Crippen LogP contribution is 2.29. The number of carbonyl (C=O) groups is 1. The van der Waals surface area contributed by atoms with Gasteiger partial charge in [0, 0.05) is 42.5 Å². The normalized spacial score (nSPS) is 16.1. The molecule has 0 atom stereocenters. The number of aromatic nitrogens is 4. The average Bonchev–Trinajstić information content (AvgIpc) is 3.30. The minimum Gasteiger partial charge on any atom is -0.342 e. The molecule has 1 aliphatic heterocycles. The third kappa shape index (κ3) is 2.84. The second-order valence-corrected chi connectivity index (χ2v) is 7.19. The van der Waals surface area contributed by atoms with Gasteiger partial charge >= 0.3 is 0 Å². The van der Waals surface area contributed by atoms with E-state index in [9.17, 15) is 4.79 Å². The van der Waals surface area contributed by atoms with Crippen LogP contribution in [-0.4, -0.2) is 43.5 Å². The number of hydrogen-bond acceptors (Lipinski definition) is 4. The van der Waals surface area contributed by atoms with Crippen LogP contribution in [0.3, 0.4) is 0 Å². The van der Waals surface area contributed by atoms with Crippen molar-refractivity contribution < 1.29 is 4.79 Å². The lowest BCUT2D eigenvalue weighted by Gasteiger charge is -2.32. The van der Waals surface area contributed by atoms with Crippen LogP contribution in [0.5, 0.6) is 0 Å². The maximum absolute atomic E-state index is 12.5. The van der Waals surface area contributed by atoms with Crippen molar-refractivity contribution in [3.05, 3.63) is 40.9 Å². The number of amides is 1. The van der Waals surface area contributed by atoms with Crippen LogP contribution in [-0.2, 0) is 17.6 Å². The standard InChI is InChI=1S/C17H21N5OS/c1-2-12-10-18-20-16(12)13-3-5-21(6-4-13)15(23)9-14-11-22-7-8-24-17(22)19-14/h7-8,10-11,13H,2-6,9H2,1H3,(H,18,20). The average molecular weight is 343 g/mol. The summed E-state index contributed by atoms with van der Waals surface area (Å²) in [4.78, 5) is 20.0. The first kappa shape index (κ1) is 15.4. The summed E-state index contributed by atoms with van der Waals surface area (Å²) >= 11 is 1.59. The Morgan fingerprint density at radius 2 is 2.25 bits per heavy atom. The molecular weight excluding hydrogens is 322 g/mol. The highest BCUT2D eigenvalue weighted by molar-refractivity contribution is 7.15. The van der Waals surface area contributed by atoms with E-state index in [4.69, 9.17) is 0 Å². The molecule has 1 N–H and O–H groups in total. The van der Waals surface area contributed by atoms with Crippen molar-refractivity contribution in [3.63, 3.8) is 0 Å². The topological polar surface area (TPSA) is 66.3 Å². The summed E-state index contributed by atoms with van der Waals surface area (Å²) in [6.45, 7) is 3.78. The van der Waals surface area contributed by atoms with Crippen LogP contribution in [0.25, 0.3) is 4.96 Å². The summed E-state index contributed by atoms with van der Waals surface area (Å²) in [6, 6.07) is 0. The molecule has 4 heterocycles. The van der Waals surface area contributed by atoms with Gasteiger partial charge in [-0.3, -0.25) is 14.3 Å². The fourth-order valence-electron chi connectivity index (χ4n) is 3.50. The Hall–Kier alpha value is -2.15. The van der Waals surface area contributed by atoms with Gasteiger partial charge in [0.05, 0.1) is 18.3 Å². The first-order valence-electron chi connectivity index (χ1n) is 8.45. The van der Waals surface area contributed by atoms with E-state index in [1.54, 1.807) is 11.3 Å².